The standard InChI is InChI=1S/C3H3BO4/c1-4-7-2(5)3(6)8-4/h1H3. The molecule has 42 valence electrons. The lowest BCUT2D eigenvalue weighted by atomic mass is 9.97. The van der Waals surface area contributed by atoms with Crippen molar-refractivity contribution >= 4 is 19.1 Å². The van der Waals surface area contributed by atoms with E-state index in [9.17, 15) is 9.59 Å². The Balaban J connectivity index is 2.64. The molecule has 0 unspecified atom stereocenters. The third-order valence-corrected chi connectivity index (χ3v) is 0.713. The molecule has 0 bridgehead atoms. The van der Waals surface area contributed by atoms with Crippen molar-refractivity contribution in [3.63, 3.8) is 0 Å². The van der Waals surface area contributed by atoms with Crippen molar-refractivity contribution in [3.8, 4) is 0 Å². The zero-order valence-electron chi connectivity index (χ0n) is 4.21. The molecule has 0 aromatic heterocycles. The maximum absolute atomic E-state index is 10.1. The molecule has 1 fully saturated rings. The molecule has 5 heteroatoms. The van der Waals surface area contributed by atoms with Gasteiger partial charge in [0.1, 0.15) is 0 Å². The highest BCUT2D eigenvalue weighted by molar-refractivity contribution is 6.59. The van der Waals surface area contributed by atoms with Crippen molar-refractivity contribution in [2.24, 2.45) is 0 Å². The third kappa shape index (κ3) is 0.663. The van der Waals surface area contributed by atoms with Gasteiger partial charge in [0, 0.05) is 0 Å². The molecule has 0 saturated carbocycles. The number of carbonyl (C=O) groups excluding carboxylic acids is 2. The van der Waals surface area contributed by atoms with Crippen LogP contribution in [0.25, 0.3) is 0 Å². The lowest BCUT2D eigenvalue weighted by molar-refractivity contribution is -0.150. The van der Waals surface area contributed by atoms with Crippen molar-refractivity contribution in [1.29, 1.82) is 0 Å². The fourth-order valence-corrected chi connectivity index (χ4v) is 0.422. The maximum Gasteiger partial charge on any atom is 0.595 e. The molecule has 0 atom stereocenters. The number of hydrogen-bond donors (Lipinski definition) is 0. The molecule has 0 aliphatic carbocycles. The summed E-state index contributed by atoms with van der Waals surface area (Å²) in [5.74, 6) is -1.81. The minimum atomic E-state index is -0.905. The molecule has 0 aromatic rings. The fourth-order valence-electron chi connectivity index (χ4n) is 0.422. The summed E-state index contributed by atoms with van der Waals surface area (Å²) in [6.07, 6.45) is 0. The summed E-state index contributed by atoms with van der Waals surface area (Å²) < 4.78 is 8.53. The minimum absolute atomic E-state index is 0.699. The first-order valence-electron chi connectivity index (χ1n) is 2.12. The average Bonchev–Trinajstić information content (AvgIpc) is 1.85. The number of hydrogen-bond acceptors (Lipinski definition) is 4. The lowest BCUT2D eigenvalue weighted by Crippen LogP contribution is -2.07. The van der Waals surface area contributed by atoms with Crippen LogP contribution in [-0.2, 0) is 18.9 Å². The molecule has 0 spiro atoms. The summed E-state index contributed by atoms with van der Waals surface area (Å²) in [6.45, 7) is 1.48. The Bertz CT molecular complexity index is 126. The molecular weight excluding hydrogens is 111 g/mol. The predicted octanol–water partition coefficient (Wildman–Crippen LogP) is -0.796. The maximum atomic E-state index is 10.1. The van der Waals surface area contributed by atoms with E-state index in [-0.39, 0.29) is 0 Å². The van der Waals surface area contributed by atoms with Gasteiger partial charge in [0.2, 0.25) is 0 Å². The van der Waals surface area contributed by atoms with Crippen molar-refractivity contribution in [3.05, 3.63) is 0 Å². The Kier molecular flexibility index (Phi) is 0.967. The molecule has 0 amide bonds. The second-order valence-electron chi connectivity index (χ2n) is 1.38. The fraction of sp³-hybridized carbons (Fsp3) is 0.333. The second-order valence-corrected chi connectivity index (χ2v) is 1.38. The van der Waals surface area contributed by atoms with Gasteiger partial charge in [-0.15, -0.1) is 0 Å². The monoisotopic (exact) mass is 114 g/mol. The Morgan fingerprint density at radius 3 is 1.75 bits per heavy atom. The summed E-state index contributed by atoms with van der Waals surface area (Å²) in [4.78, 5) is 20.2. The van der Waals surface area contributed by atoms with Crippen LogP contribution in [0, 0.1) is 0 Å². The highest BCUT2D eigenvalue weighted by atomic mass is 16.7. The Morgan fingerprint density at radius 1 is 1.25 bits per heavy atom. The van der Waals surface area contributed by atoms with E-state index in [4.69, 9.17) is 0 Å². The highest BCUT2D eigenvalue weighted by Gasteiger charge is 2.35. The SMILES string of the molecule is CB1OC(=O)C(=O)O1. The van der Waals surface area contributed by atoms with Gasteiger partial charge in [-0.1, -0.05) is 0 Å². The van der Waals surface area contributed by atoms with E-state index in [0.29, 0.717) is 0 Å². The summed E-state index contributed by atoms with van der Waals surface area (Å²) in [5, 5.41) is 0. The van der Waals surface area contributed by atoms with Gasteiger partial charge in [-0.05, 0) is 6.82 Å². The first kappa shape index (κ1) is 5.15. The molecule has 1 aliphatic rings. The van der Waals surface area contributed by atoms with Crippen LogP contribution in [0.4, 0.5) is 0 Å². The molecule has 1 aliphatic heterocycles. The quantitative estimate of drug-likeness (QED) is 0.305. The van der Waals surface area contributed by atoms with Gasteiger partial charge in [0.25, 0.3) is 0 Å². The molecule has 0 radical (unpaired) electrons. The number of rotatable bonds is 0. The van der Waals surface area contributed by atoms with E-state index in [1.165, 1.54) is 6.82 Å². The zero-order valence-corrected chi connectivity index (χ0v) is 4.21. The summed E-state index contributed by atoms with van der Waals surface area (Å²) >= 11 is 0. The predicted molar refractivity (Wildman–Crippen MR) is 23.8 cm³/mol. The van der Waals surface area contributed by atoms with Crippen LogP contribution in [0.2, 0.25) is 6.82 Å². The normalized spacial score (nSPS) is 18.4. The van der Waals surface area contributed by atoms with E-state index in [2.05, 4.69) is 9.31 Å². The molecule has 8 heavy (non-hydrogen) atoms. The van der Waals surface area contributed by atoms with Crippen molar-refractivity contribution in [2.75, 3.05) is 0 Å². The van der Waals surface area contributed by atoms with E-state index < -0.39 is 19.1 Å². The van der Waals surface area contributed by atoms with Crippen LogP contribution in [0.3, 0.4) is 0 Å². The van der Waals surface area contributed by atoms with Crippen LogP contribution >= 0.6 is 0 Å². The van der Waals surface area contributed by atoms with Crippen molar-refractivity contribution in [2.45, 2.75) is 6.82 Å². The number of carbonyl (C=O) groups is 2. The third-order valence-electron chi connectivity index (χ3n) is 0.713. The molecule has 0 N–H and O–H groups in total. The van der Waals surface area contributed by atoms with Crippen LogP contribution in [0.5, 0.6) is 0 Å². The van der Waals surface area contributed by atoms with Crippen LogP contribution < -0.4 is 0 Å². The lowest BCUT2D eigenvalue weighted by Gasteiger charge is -1.87. The molecule has 0 aromatic carbocycles. The van der Waals surface area contributed by atoms with Crippen molar-refractivity contribution in [1.82, 2.24) is 0 Å². The molecule has 4 nitrogen and oxygen atoms in total. The van der Waals surface area contributed by atoms with Gasteiger partial charge in [-0.2, -0.15) is 0 Å². The largest absolute Gasteiger partial charge is 0.595 e. The van der Waals surface area contributed by atoms with E-state index in [1.54, 1.807) is 0 Å². The van der Waals surface area contributed by atoms with E-state index in [0.717, 1.165) is 0 Å². The van der Waals surface area contributed by atoms with E-state index in [1.807, 2.05) is 0 Å². The topological polar surface area (TPSA) is 52.6 Å². The summed E-state index contributed by atoms with van der Waals surface area (Å²) in [7, 11) is -0.699. The Morgan fingerprint density at radius 2 is 1.62 bits per heavy atom. The zero-order chi connectivity index (χ0) is 6.15. The van der Waals surface area contributed by atoms with Crippen LogP contribution in [-0.4, -0.2) is 19.1 Å². The molecule has 1 heterocycles. The first-order valence-corrected chi connectivity index (χ1v) is 2.12. The van der Waals surface area contributed by atoms with Gasteiger partial charge in [-0.25, -0.2) is 9.59 Å². The van der Waals surface area contributed by atoms with E-state index >= 15 is 0 Å². The van der Waals surface area contributed by atoms with Gasteiger partial charge >= 0.3 is 19.1 Å². The van der Waals surface area contributed by atoms with Gasteiger partial charge in [0.05, 0.1) is 0 Å². The minimum Gasteiger partial charge on any atom is -0.491 e. The van der Waals surface area contributed by atoms with Crippen LogP contribution in [0.15, 0.2) is 0 Å². The second kappa shape index (κ2) is 1.50. The van der Waals surface area contributed by atoms with Crippen molar-refractivity contribution < 1.29 is 18.9 Å². The first-order chi connectivity index (χ1) is 3.70. The van der Waals surface area contributed by atoms with Gasteiger partial charge < -0.3 is 9.31 Å². The highest BCUT2D eigenvalue weighted by Crippen LogP contribution is 2.00. The molecule has 1 saturated heterocycles. The summed E-state index contributed by atoms with van der Waals surface area (Å²) in [6, 6.07) is 0. The Hall–Kier alpha value is -0.995. The summed E-state index contributed by atoms with van der Waals surface area (Å²) in [5.41, 5.74) is 0. The van der Waals surface area contributed by atoms with Gasteiger partial charge in [-0.3, -0.25) is 0 Å². The Labute approximate surface area is 45.9 Å². The average molecular weight is 114 g/mol. The van der Waals surface area contributed by atoms with Gasteiger partial charge in [0.15, 0.2) is 0 Å². The molecule has 1 rings (SSSR count). The smallest absolute Gasteiger partial charge is 0.491 e. The molecular formula is C3H3BO4. The van der Waals surface area contributed by atoms with Crippen LogP contribution in [0.1, 0.15) is 0 Å².